The molecule has 0 aliphatic rings. The third-order valence-corrected chi connectivity index (χ3v) is 5.37. The first kappa shape index (κ1) is 18.9. The van der Waals surface area contributed by atoms with Crippen LogP contribution in [0, 0.1) is 25.2 Å². The van der Waals surface area contributed by atoms with E-state index in [4.69, 9.17) is 9.68 Å². The van der Waals surface area contributed by atoms with Gasteiger partial charge in [-0.1, -0.05) is 31.2 Å². The van der Waals surface area contributed by atoms with Crippen LogP contribution in [-0.4, -0.2) is 11.4 Å². The molecule has 0 spiro atoms. The molecular weight excluding hydrogens is 336 g/mol. The van der Waals surface area contributed by atoms with Crippen LogP contribution in [0.3, 0.4) is 0 Å². The van der Waals surface area contributed by atoms with E-state index in [0.29, 0.717) is 17.7 Å². The fraction of sp³-hybridized carbons (Fsp3) is 0.304. The minimum Gasteiger partial charge on any atom is -0.422 e. The van der Waals surface area contributed by atoms with Crippen molar-refractivity contribution < 1.29 is 4.42 Å². The molecule has 27 heavy (non-hydrogen) atoms. The zero-order chi connectivity index (χ0) is 19.6. The molecular formula is C23H24N2O2. The SMILES string of the molecule is CCN(Cc1cc(=O)oc2c(C)c(C)ccc12)C(C)c1ccc(C#N)cc1. The van der Waals surface area contributed by atoms with Crippen molar-refractivity contribution in [2.75, 3.05) is 6.54 Å². The van der Waals surface area contributed by atoms with Gasteiger partial charge in [-0.2, -0.15) is 5.26 Å². The molecule has 1 aromatic heterocycles. The summed E-state index contributed by atoms with van der Waals surface area (Å²) in [5, 5.41) is 9.98. The van der Waals surface area contributed by atoms with Crippen LogP contribution < -0.4 is 5.63 Å². The van der Waals surface area contributed by atoms with Crippen LogP contribution in [0.1, 0.15) is 47.7 Å². The number of hydrogen-bond donors (Lipinski definition) is 0. The molecule has 2 aromatic carbocycles. The fourth-order valence-corrected chi connectivity index (χ4v) is 3.44. The van der Waals surface area contributed by atoms with Gasteiger partial charge in [0.05, 0.1) is 11.6 Å². The number of benzene rings is 2. The highest BCUT2D eigenvalue weighted by molar-refractivity contribution is 5.83. The van der Waals surface area contributed by atoms with Crippen molar-refractivity contribution in [1.29, 1.82) is 5.26 Å². The first-order valence-electron chi connectivity index (χ1n) is 9.21. The molecule has 0 aliphatic heterocycles. The highest BCUT2D eigenvalue weighted by Crippen LogP contribution is 2.27. The van der Waals surface area contributed by atoms with Gasteiger partial charge in [-0.05, 0) is 61.7 Å². The Morgan fingerprint density at radius 2 is 1.85 bits per heavy atom. The predicted octanol–water partition coefficient (Wildman–Crippen LogP) is 4.86. The molecule has 0 fully saturated rings. The highest BCUT2D eigenvalue weighted by Gasteiger charge is 2.17. The van der Waals surface area contributed by atoms with E-state index in [2.05, 4.69) is 30.9 Å². The maximum Gasteiger partial charge on any atom is 0.336 e. The lowest BCUT2D eigenvalue weighted by molar-refractivity contribution is 0.213. The molecule has 1 atom stereocenters. The molecule has 0 saturated carbocycles. The average molecular weight is 360 g/mol. The van der Waals surface area contributed by atoms with E-state index in [1.165, 1.54) is 0 Å². The van der Waals surface area contributed by atoms with E-state index >= 15 is 0 Å². The van der Waals surface area contributed by atoms with Gasteiger partial charge < -0.3 is 4.42 Å². The van der Waals surface area contributed by atoms with E-state index in [1.54, 1.807) is 6.07 Å². The lowest BCUT2D eigenvalue weighted by Gasteiger charge is -2.28. The molecule has 0 N–H and O–H groups in total. The summed E-state index contributed by atoms with van der Waals surface area (Å²) in [5.74, 6) is 0. The summed E-state index contributed by atoms with van der Waals surface area (Å²) in [6.45, 7) is 9.77. The Balaban J connectivity index is 1.97. The van der Waals surface area contributed by atoms with Gasteiger partial charge in [-0.3, -0.25) is 4.90 Å². The normalized spacial score (nSPS) is 12.3. The zero-order valence-electron chi connectivity index (χ0n) is 16.2. The third kappa shape index (κ3) is 3.79. The standard InChI is InChI=1S/C23H24N2O2/c1-5-25(17(4)19-9-7-18(13-24)8-10-19)14-20-12-22(26)27-23-16(3)15(2)6-11-21(20)23/h6-12,17H,5,14H2,1-4H3. The van der Waals surface area contributed by atoms with Crippen LogP contribution in [0.2, 0.25) is 0 Å². The molecule has 3 aromatic rings. The van der Waals surface area contributed by atoms with E-state index < -0.39 is 0 Å². The van der Waals surface area contributed by atoms with Crippen LogP contribution in [-0.2, 0) is 6.54 Å². The molecule has 0 saturated heterocycles. The van der Waals surface area contributed by atoms with E-state index in [1.807, 2.05) is 44.2 Å². The van der Waals surface area contributed by atoms with Crippen LogP contribution in [0.4, 0.5) is 0 Å². The summed E-state index contributed by atoms with van der Waals surface area (Å²) < 4.78 is 5.50. The minimum atomic E-state index is -0.312. The molecule has 4 nitrogen and oxygen atoms in total. The van der Waals surface area contributed by atoms with Crippen molar-refractivity contribution in [1.82, 2.24) is 4.90 Å². The van der Waals surface area contributed by atoms with Crippen molar-refractivity contribution in [2.24, 2.45) is 0 Å². The summed E-state index contributed by atoms with van der Waals surface area (Å²) in [7, 11) is 0. The Morgan fingerprint density at radius 1 is 1.15 bits per heavy atom. The van der Waals surface area contributed by atoms with Crippen molar-refractivity contribution >= 4 is 11.0 Å². The summed E-state index contributed by atoms with van der Waals surface area (Å²) in [6.07, 6.45) is 0. The summed E-state index contributed by atoms with van der Waals surface area (Å²) in [4.78, 5) is 14.4. The lowest BCUT2D eigenvalue weighted by atomic mass is 10.0. The molecule has 4 heteroatoms. The molecule has 138 valence electrons. The number of aryl methyl sites for hydroxylation is 2. The van der Waals surface area contributed by atoms with E-state index in [9.17, 15) is 4.79 Å². The Labute approximate surface area is 159 Å². The van der Waals surface area contributed by atoms with Gasteiger partial charge in [0.15, 0.2) is 0 Å². The topological polar surface area (TPSA) is 57.2 Å². The van der Waals surface area contributed by atoms with Gasteiger partial charge >= 0.3 is 5.63 Å². The van der Waals surface area contributed by atoms with E-state index in [0.717, 1.165) is 34.2 Å². The number of rotatable bonds is 5. The second kappa shape index (κ2) is 7.77. The second-order valence-electron chi connectivity index (χ2n) is 6.95. The summed E-state index contributed by atoms with van der Waals surface area (Å²) in [5.41, 5.74) is 5.27. The van der Waals surface area contributed by atoms with Gasteiger partial charge in [0.2, 0.25) is 0 Å². The molecule has 3 rings (SSSR count). The molecule has 0 bridgehead atoms. The van der Waals surface area contributed by atoms with Crippen molar-refractivity contribution in [3.05, 3.63) is 80.7 Å². The van der Waals surface area contributed by atoms with E-state index in [-0.39, 0.29) is 11.7 Å². The number of hydrogen-bond acceptors (Lipinski definition) is 4. The Bertz CT molecular complexity index is 1060. The zero-order valence-corrected chi connectivity index (χ0v) is 16.2. The summed E-state index contributed by atoms with van der Waals surface area (Å²) in [6, 6.07) is 15.7. The van der Waals surface area contributed by atoms with Gasteiger partial charge in [-0.15, -0.1) is 0 Å². The fourth-order valence-electron chi connectivity index (χ4n) is 3.44. The number of fused-ring (bicyclic) bond motifs is 1. The molecule has 0 radical (unpaired) electrons. The van der Waals surface area contributed by atoms with Crippen LogP contribution in [0.25, 0.3) is 11.0 Å². The number of nitriles is 1. The molecule has 0 amide bonds. The molecule has 1 unspecified atom stereocenters. The smallest absolute Gasteiger partial charge is 0.336 e. The Morgan fingerprint density at radius 3 is 2.48 bits per heavy atom. The minimum absolute atomic E-state index is 0.164. The number of nitrogens with zero attached hydrogens (tertiary/aromatic N) is 2. The molecule has 1 heterocycles. The Hall–Kier alpha value is -2.90. The van der Waals surface area contributed by atoms with Gasteiger partial charge in [0, 0.05) is 24.0 Å². The Kier molecular flexibility index (Phi) is 5.43. The quantitative estimate of drug-likeness (QED) is 0.610. The monoisotopic (exact) mass is 360 g/mol. The van der Waals surface area contributed by atoms with Gasteiger partial charge in [0.25, 0.3) is 0 Å². The van der Waals surface area contributed by atoms with Crippen LogP contribution in [0.5, 0.6) is 0 Å². The second-order valence-corrected chi connectivity index (χ2v) is 6.95. The van der Waals surface area contributed by atoms with Gasteiger partial charge in [-0.25, -0.2) is 4.79 Å². The van der Waals surface area contributed by atoms with Crippen LogP contribution >= 0.6 is 0 Å². The maximum absolute atomic E-state index is 12.1. The predicted molar refractivity (Wildman–Crippen MR) is 108 cm³/mol. The van der Waals surface area contributed by atoms with Crippen LogP contribution in [0.15, 0.2) is 51.7 Å². The molecule has 0 aliphatic carbocycles. The maximum atomic E-state index is 12.1. The van der Waals surface area contributed by atoms with Crippen molar-refractivity contribution in [3.8, 4) is 6.07 Å². The summed E-state index contributed by atoms with van der Waals surface area (Å²) >= 11 is 0. The first-order valence-corrected chi connectivity index (χ1v) is 9.21. The first-order chi connectivity index (χ1) is 12.9. The average Bonchev–Trinajstić information content (AvgIpc) is 2.68. The van der Waals surface area contributed by atoms with Gasteiger partial charge in [0.1, 0.15) is 5.58 Å². The van der Waals surface area contributed by atoms with Crippen molar-refractivity contribution in [3.63, 3.8) is 0 Å². The lowest BCUT2D eigenvalue weighted by Crippen LogP contribution is -2.27. The third-order valence-electron chi connectivity index (χ3n) is 5.37. The largest absolute Gasteiger partial charge is 0.422 e. The van der Waals surface area contributed by atoms with Crippen molar-refractivity contribution in [2.45, 2.75) is 40.3 Å². The highest BCUT2D eigenvalue weighted by atomic mass is 16.4.